The summed E-state index contributed by atoms with van der Waals surface area (Å²) in [5, 5.41) is 8.00. The first-order valence-corrected chi connectivity index (χ1v) is 12.2. The molecule has 1 N–H and O–H groups in total. The van der Waals surface area contributed by atoms with Gasteiger partial charge in [0.05, 0.1) is 42.5 Å². The Labute approximate surface area is 215 Å². The van der Waals surface area contributed by atoms with Crippen LogP contribution in [0.3, 0.4) is 0 Å². The first-order chi connectivity index (χ1) is 18.2. The van der Waals surface area contributed by atoms with Crippen LogP contribution in [0.4, 0.5) is 10.5 Å². The Balaban J connectivity index is 1.53. The van der Waals surface area contributed by atoms with E-state index in [1.807, 2.05) is 102 Å². The van der Waals surface area contributed by atoms with E-state index in [-0.39, 0.29) is 12.1 Å². The zero-order valence-electron chi connectivity index (χ0n) is 20.7. The van der Waals surface area contributed by atoms with Crippen LogP contribution in [0.1, 0.15) is 28.6 Å². The first-order valence-electron chi connectivity index (χ1n) is 12.2. The van der Waals surface area contributed by atoms with Gasteiger partial charge in [0, 0.05) is 11.8 Å². The van der Waals surface area contributed by atoms with E-state index < -0.39 is 0 Å². The van der Waals surface area contributed by atoms with Crippen molar-refractivity contribution in [1.29, 1.82) is 0 Å². The molecule has 0 aliphatic carbocycles. The molecule has 0 saturated carbocycles. The molecule has 6 rings (SSSR count). The molecule has 1 atom stereocenters. The average Bonchev–Trinajstić information content (AvgIpc) is 3.50. The van der Waals surface area contributed by atoms with Crippen molar-refractivity contribution in [3.63, 3.8) is 0 Å². The molecule has 0 unspecified atom stereocenters. The van der Waals surface area contributed by atoms with Gasteiger partial charge in [0.25, 0.3) is 0 Å². The smallest absolute Gasteiger partial charge is 0.323 e. The van der Waals surface area contributed by atoms with E-state index in [1.165, 1.54) is 0 Å². The van der Waals surface area contributed by atoms with Gasteiger partial charge >= 0.3 is 6.03 Å². The fraction of sp³-hybridized carbons (Fsp3) is 0.133. The molecule has 2 amide bonds. The lowest BCUT2D eigenvalue weighted by Crippen LogP contribution is -2.38. The molecular weight excluding hydrogens is 462 g/mol. The van der Waals surface area contributed by atoms with Gasteiger partial charge in [-0.2, -0.15) is 5.10 Å². The summed E-state index contributed by atoms with van der Waals surface area (Å²) in [5.41, 5.74) is 5.47. The summed E-state index contributed by atoms with van der Waals surface area (Å²) in [4.78, 5) is 15.9. The summed E-state index contributed by atoms with van der Waals surface area (Å²) in [6, 6.07) is 31.2. The molecule has 0 spiro atoms. The van der Waals surface area contributed by atoms with Crippen molar-refractivity contribution in [3.8, 4) is 17.3 Å². The summed E-state index contributed by atoms with van der Waals surface area (Å²) in [7, 11) is 1.60. The summed E-state index contributed by atoms with van der Waals surface area (Å²) >= 11 is 0. The number of para-hydroxylation sites is 3. The Morgan fingerprint density at radius 2 is 1.62 bits per heavy atom. The van der Waals surface area contributed by atoms with E-state index in [9.17, 15) is 4.79 Å². The van der Waals surface area contributed by atoms with Gasteiger partial charge < -0.3 is 19.5 Å². The number of carbonyl (C=O) groups excluding carboxylic acids is 1. The van der Waals surface area contributed by atoms with E-state index in [1.54, 1.807) is 7.11 Å². The van der Waals surface area contributed by atoms with Gasteiger partial charge in [-0.15, -0.1) is 0 Å². The zero-order valence-corrected chi connectivity index (χ0v) is 20.7. The lowest BCUT2D eigenvalue weighted by atomic mass is 10.0. The van der Waals surface area contributed by atoms with Gasteiger partial charge in [0.1, 0.15) is 11.6 Å². The molecule has 0 fully saturated rings. The van der Waals surface area contributed by atoms with Crippen molar-refractivity contribution in [2.24, 2.45) is 0 Å². The van der Waals surface area contributed by atoms with Crippen LogP contribution < -0.4 is 10.1 Å². The maximum atomic E-state index is 14.0. The summed E-state index contributed by atoms with van der Waals surface area (Å²) in [6.07, 6.45) is 2.05. The lowest BCUT2D eigenvalue weighted by molar-refractivity contribution is 0.194. The van der Waals surface area contributed by atoms with Crippen LogP contribution in [0, 0.1) is 6.92 Å². The van der Waals surface area contributed by atoms with Gasteiger partial charge in [-0.1, -0.05) is 60.7 Å². The maximum absolute atomic E-state index is 14.0. The second kappa shape index (κ2) is 9.35. The number of urea groups is 1. The number of rotatable bonds is 4. The van der Waals surface area contributed by atoms with E-state index in [0.29, 0.717) is 18.0 Å². The largest absolute Gasteiger partial charge is 0.495 e. The number of amides is 2. The number of hydrogen-bond donors (Lipinski definition) is 1. The summed E-state index contributed by atoms with van der Waals surface area (Å²) in [6.45, 7) is 2.39. The number of aryl methyl sites for hydroxylation is 1. The van der Waals surface area contributed by atoms with Gasteiger partial charge in [0.2, 0.25) is 0 Å². The third-order valence-electron chi connectivity index (χ3n) is 6.81. The molecule has 7 nitrogen and oxygen atoms in total. The number of nitrogens with one attached hydrogen (secondary N) is 1. The number of nitrogens with zero attached hydrogens (tertiary/aromatic N) is 4. The molecule has 184 valence electrons. The molecule has 3 aromatic carbocycles. The Hall–Kier alpha value is -4.78. The summed E-state index contributed by atoms with van der Waals surface area (Å²) < 4.78 is 9.62. The third kappa shape index (κ3) is 3.94. The number of carbonyl (C=O) groups is 1. The van der Waals surface area contributed by atoms with E-state index in [2.05, 4.69) is 28.1 Å². The van der Waals surface area contributed by atoms with Crippen LogP contribution in [-0.2, 0) is 6.54 Å². The van der Waals surface area contributed by atoms with E-state index in [0.717, 1.165) is 34.0 Å². The molecule has 1 aliphatic heterocycles. The van der Waals surface area contributed by atoms with Gasteiger partial charge in [-0.25, -0.2) is 9.48 Å². The molecule has 3 heterocycles. The number of hydrogen-bond acceptors (Lipinski definition) is 3. The van der Waals surface area contributed by atoms with Crippen LogP contribution in [0.25, 0.3) is 11.5 Å². The molecule has 5 aromatic rings. The second-order valence-electron chi connectivity index (χ2n) is 9.01. The highest BCUT2D eigenvalue weighted by atomic mass is 16.5. The third-order valence-corrected chi connectivity index (χ3v) is 6.81. The molecule has 1 aliphatic rings. The van der Waals surface area contributed by atoms with Gasteiger partial charge in [0.15, 0.2) is 0 Å². The SMILES string of the molecule is COc1ccccc1NC(=O)N1Cc2c(C)nn(-c3ccccc3)c2-n2cccc2[C@H]1c1ccccc1. The van der Waals surface area contributed by atoms with E-state index in [4.69, 9.17) is 9.84 Å². The Kier molecular flexibility index (Phi) is 5.73. The fourth-order valence-corrected chi connectivity index (χ4v) is 5.07. The van der Waals surface area contributed by atoms with E-state index >= 15 is 0 Å². The molecule has 0 bridgehead atoms. The average molecular weight is 490 g/mol. The van der Waals surface area contributed by atoms with Crippen LogP contribution in [0.2, 0.25) is 0 Å². The normalized spacial score (nSPS) is 14.4. The van der Waals surface area contributed by atoms with Crippen molar-refractivity contribution < 1.29 is 9.53 Å². The topological polar surface area (TPSA) is 64.3 Å². The highest BCUT2D eigenvalue weighted by Gasteiger charge is 2.36. The molecular formula is C30H27N5O2. The number of benzene rings is 3. The first kappa shape index (κ1) is 22.7. The molecule has 0 radical (unpaired) electrons. The monoisotopic (exact) mass is 489 g/mol. The maximum Gasteiger partial charge on any atom is 0.323 e. The second-order valence-corrected chi connectivity index (χ2v) is 9.01. The Bertz CT molecular complexity index is 1560. The number of methoxy groups -OCH3 is 1. The fourth-order valence-electron chi connectivity index (χ4n) is 5.07. The number of fused-ring (bicyclic) bond motifs is 3. The van der Waals surface area contributed by atoms with Crippen molar-refractivity contribution >= 4 is 11.7 Å². The Morgan fingerprint density at radius 1 is 0.919 bits per heavy atom. The number of ether oxygens (including phenoxy) is 1. The van der Waals surface area contributed by atoms with Crippen LogP contribution in [0.5, 0.6) is 5.75 Å². The quantitative estimate of drug-likeness (QED) is 0.331. The number of anilines is 1. The standard InChI is InChI=1S/C30H27N5O2/c1-21-24-20-34(30(36)31-25-16-9-10-18-27(25)37-2)28(22-12-5-3-6-13-22)26-17-11-19-33(26)29(24)35(32-21)23-14-7-4-8-15-23/h3-19,28H,20H2,1-2H3,(H,31,36)/t28-/m1/s1. The zero-order chi connectivity index (χ0) is 25.4. The predicted octanol–water partition coefficient (Wildman–Crippen LogP) is 6.12. The predicted molar refractivity (Wildman–Crippen MR) is 143 cm³/mol. The minimum atomic E-state index is -0.318. The Morgan fingerprint density at radius 3 is 2.38 bits per heavy atom. The van der Waals surface area contributed by atoms with Crippen LogP contribution in [-0.4, -0.2) is 32.4 Å². The molecule has 2 aromatic heterocycles. The van der Waals surface area contributed by atoms with Crippen molar-refractivity contribution in [2.75, 3.05) is 12.4 Å². The van der Waals surface area contributed by atoms with Gasteiger partial charge in [-0.3, -0.25) is 0 Å². The molecule has 0 saturated heterocycles. The summed E-state index contributed by atoms with van der Waals surface area (Å²) in [5.74, 6) is 1.55. The minimum absolute atomic E-state index is 0.217. The van der Waals surface area contributed by atoms with Crippen molar-refractivity contribution in [1.82, 2.24) is 19.2 Å². The molecule has 37 heavy (non-hydrogen) atoms. The van der Waals surface area contributed by atoms with Crippen LogP contribution >= 0.6 is 0 Å². The van der Waals surface area contributed by atoms with Crippen LogP contribution in [0.15, 0.2) is 103 Å². The lowest BCUT2D eigenvalue weighted by Gasteiger charge is -2.31. The van der Waals surface area contributed by atoms with Gasteiger partial charge in [-0.05, 0) is 48.9 Å². The minimum Gasteiger partial charge on any atom is -0.495 e. The van der Waals surface area contributed by atoms with Crippen molar-refractivity contribution in [3.05, 3.63) is 126 Å². The van der Waals surface area contributed by atoms with Crippen molar-refractivity contribution in [2.45, 2.75) is 19.5 Å². The number of aromatic nitrogens is 3. The highest BCUT2D eigenvalue weighted by molar-refractivity contribution is 5.91. The molecule has 7 heteroatoms. The highest BCUT2D eigenvalue weighted by Crippen LogP contribution is 2.39.